The van der Waals surface area contributed by atoms with Crippen molar-refractivity contribution in [3.8, 4) is 0 Å². The number of nitrogens with one attached hydrogen (secondary N) is 1. The van der Waals surface area contributed by atoms with E-state index in [0.29, 0.717) is 0 Å². The Morgan fingerprint density at radius 2 is 1.85 bits per heavy atom. The van der Waals surface area contributed by atoms with Crippen molar-refractivity contribution in [3.63, 3.8) is 0 Å². The highest BCUT2D eigenvalue weighted by Gasteiger charge is 2.45. The standard InChI is InChI=1S/C9H13NO2S/c1-8(2)5-6(9(3,4)12-8)13-7(11)10-5/h1-4H3,(H,10,11). The lowest BCUT2D eigenvalue weighted by Crippen LogP contribution is -2.24. The summed E-state index contributed by atoms with van der Waals surface area (Å²) in [6.45, 7) is 7.93. The maximum atomic E-state index is 11.2. The molecule has 1 aromatic heterocycles. The molecule has 2 heterocycles. The van der Waals surface area contributed by atoms with Gasteiger partial charge in [0.1, 0.15) is 5.60 Å². The summed E-state index contributed by atoms with van der Waals surface area (Å²) in [6, 6.07) is 0. The molecular weight excluding hydrogens is 186 g/mol. The zero-order chi connectivity index (χ0) is 9.85. The van der Waals surface area contributed by atoms with Crippen molar-refractivity contribution in [1.82, 2.24) is 4.98 Å². The van der Waals surface area contributed by atoms with Crippen LogP contribution in [-0.4, -0.2) is 4.98 Å². The molecular formula is C9H13NO2S. The number of rotatable bonds is 0. The van der Waals surface area contributed by atoms with Crippen LogP contribution in [0.2, 0.25) is 0 Å². The number of aromatic nitrogens is 1. The average Bonchev–Trinajstić information content (AvgIpc) is 2.34. The number of hydrogen-bond donors (Lipinski definition) is 1. The molecule has 1 aliphatic rings. The Labute approximate surface area is 80.8 Å². The van der Waals surface area contributed by atoms with Crippen molar-refractivity contribution in [3.05, 3.63) is 20.2 Å². The first kappa shape index (κ1) is 8.97. The van der Waals surface area contributed by atoms with E-state index in [0.717, 1.165) is 10.6 Å². The number of aromatic amines is 1. The minimum absolute atomic E-state index is 0.00875. The lowest BCUT2D eigenvalue weighted by Gasteiger charge is -2.24. The van der Waals surface area contributed by atoms with E-state index in [1.165, 1.54) is 11.3 Å². The Hall–Kier alpha value is -0.610. The van der Waals surface area contributed by atoms with Crippen molar-refractivity contribution in [2.75, 3.05) is 0 Å². The molecule has 1 N–H and O–H groups in total. The molecule has 1 aromatic rings. The van der Waals surface area contributed by atoms with Crippen LogP contribution in [0.15, 0.2) is 4.79 Å². The molecule has 0 spiro atoms. The fraction of sp³-hybridized carbons (Fsp3) is 0.667. The molecule has 3 nitrogen and oxygen atoms in total. The van der Waals surface area contributed by atoms with Crippen LogP contribution < -0.4 is 4.87 Å². The van der Waals surface area contributed by atoms with Gasteiger partial charge in [-0.3, -0.25) is 4.79 Å². The first-order valence-electron chi connectivity index (χ1n) is 4.27. The second-order valence-corrected chi connectivity index (χ2v) is 5.32. The van der Waals surface area contributed by atoms with Crippen LogP contribution >= 0.6 is 11.3 Å². The number of fused-ring (bicyclic) bond motifs is 1. The summed E-state index contributed by atoms with van der Waals surface area (Å²) in [5.74, 6) is 0. The van der Waals surface area contributed by atoms with Crippen molar-refractivity contribution < 1.29 is 4.74 Å². The average molecular weight is 199 g/mol. The molecule has 0 atom stereocenters. The van der Waals surface area contributed by atoms with Crippen LogP contribution in [0.1, 0.15) is 38.3 Å². The number of thiazole rings is 1. The lowest BCUT2D eigenvalue weighted by molar-refractivity contribution is -0.105. The zero-order valence-electron chi connectivity index (χ0n) is 8.22. The van der Waals surface area contributed by atoms with Crippen molar-refractivity contribution in [2.45, 2.75) is 38.9 Å². The summed E-state index contributed by atoms with van der Waals surface area (Å²) >= 11 is 1.25. The molecule has 0 amide bonds. The molecule has 4 heteroatoms. The molecule has 13 heavy (non-hydrogen) atoms. The molecule has 0 aliphatic carbocycles. The van der Waals surface area contributed by atoms with Gasteiger partial charge in [-0.1, -0.05) is 11.3 Å². The van der Waals surface area contributed by atoms with E-state index in [2.05, 4.69) is 4.98 Å². The van der Waals surface area contributed by atoms with Gasteiger partial charge in [-0.2, -0.15) is 0 Å². The second kappa shape index (κ2) is 2.25. The summed E-state index contributed by atoms with van der Waals surface area (Å²) in [4.78, 5) is 15.1. The Morgan fingerprint density at radius 1 is 1.23 bits per heavy atom. The second-order valence-electron chi connectivity index (χ2n) is 4.34. The highest BCUT2D eigenvalue weighted by atomic mass is 32.1. The fourth-order valence-electron chi connectivity index (χ4n) is 1.91. The van der Waals surface area contributed by atoms with Gasteiger partial charge in [0.2, 0.25) is 0 Å². The van der Waals surface area contributed by atoms with Gasteiger partial charge in [0.25, 0.3) is 0 Å². The largest absolute Gasteiger partial charge is 0.358 e. The van der Waals surface area contributed by atoms with E-state index in [4.69, 9.17) is 4.74 Å². The SMILES string of the molecule is CC1(C)OC(C)(C)c2sc(=O)[nH]c21. The maximum Gasteiger partial charge on any atom is 0.305 e. The van der Waals surface area contributed by atoms with Gasteiger partial charge in [0.15, 0.2) is 0 Å². The highest BCUT2D eigenvalue weighted by Crippen LogP contribution is 2.46. The Kier molecular flexibility index (Phi) is 1.55. The van der Waals surface area contributed by atoms with Crippen LogP contribution in [-0.2, 0) is 15.9 Å². The lowest BCUT2D eigenvalue weighted by atomic mass is 10.0. The summed E-state index contributed by atoms with van der Waals surface area (Å²) in [6.07, 6.45) is 0. The summed E-state index contributed by atoms with van der Waals surface area (Å²) in [5.41, 5.74) is 0.244. The van der Waals surface area contributed by atoms with Crippen molar-refractivity contribution >= 4 is 11.3 Å². The molecule has 0 unspecified atom stereocenters. The van der Waals surface area contributed by atoms with Gasteiger partial charge < -0.3 is 9.72 Å². The highest BCUT2D eigenvalue weighted by molar-refractivity contribution is 7.09. The van der Waals surface area contributed by atoms with Gasteiger partial charge in [-0.25, -0.2) is 0 Å². The minimum atomic E-state index is -0.363. The summed E-state index contributed by atoms with van der Waals surface area (Å²) in [7, 11) is 0. The molecule has 0 bridgehead atoms. The topological polar surface area (TPSA) is 42.1 Å². The van der Waals surface area contributed by atoms with Crippen LogP contribution in [0.25, 0.3) is 0 Å². The van der Waals surface area contributed by atoms with E-state index in [-0.39, 0.29) is 16.1 Å². The predicted octanol–water partition coefficient (Wildman–Crippen LogP) is 1.94. The monoisotopic (exact) mass is 199 g/mol. The zero-order valence-corrected chi connectivity index (χ0v) is 9.04. The van der Waals surface area contributed by atoms with Crippen LogP contribution in [0, 0.1) is 0 Å². The third-order valence-corrected chi connectivity index (χ3v) is 3.50. The molecule has 0 saturated carbocycles. The smallest absolute Gasteiger partial charge is 0.305 e. The third kappa shape index (κ3) is 1.16. The van der Waals surface area contributed by atoms with Gasteiger partial charge >= 0.3 is 4.87 Å². The third-order valence-electron chi connectivity index (χ3n) is 2.31. The van der Waals surface area contributed by atoms with Gasteiger partial charge in [-0.05, 0) is 27.7 Å². The predicted molar refractivity (Wildman–Crippen MR) is 52.1 cm³/mol. The molecule has 2 rings (SSSR count). The van der Waals surface area contributed by atoms with Crippen molar-refractivity contribution in [2.24, 2.45) is 0 Å². The van der Waals surface area contributed by atoms with Crippen molar-refractivity contribution in [1.29, 1.82) is 0 Å². The van der Waals surface area contributed by atoms with Crippen LogP contribution in [0.5, 0.6) is 0 Å². The Morgan fingerprint density at radius 3 is 2.38 bits per heavy atom. The number of hydrogen-bond acceptors (Lipinski definition) is 3. The van der Waals surface area contributed by atoms with Gasteiger partial charge in [-0.15, -0.1) is 0 Å². The fourth-order valence-corrected chi connectivity index (χ4v) is 2.94. The van der Waals surface area contributed by atoms with E-state index < -0.39 is 0 Å². The molecule has 72 valence electrons. The van der Waals surface area contributed by atoms with Gasteiger partial charge in [0.05, 0.1) is 16.2 Å². The maximum absolute atomic E-state index is 11.2. The van der Waals surface area contributed by atoms with E-state index >= 15 is 0 Å². The minimum Gasteiger partial charge on any atom is -0.358 e. The first-order chi connectivity index (χ1) is 5.83. The normalized spacial score (nSPS) is 23.1. The Balaban J connectivity index is 2.69. The number of ether oxygens (including phenoxy) is 1. The molecule has 0 radical (unpaired) electrons. The molecule has 0 saturated heterocycles. The van der Waals surface area contributed by atoms with E-state index in [1.807, 2.05) is 27.7 Å². The summed E-state index contributed by atoms with van der Waals surface area (Å²) in [5, 5.41) is 0. The van der Waals surface area contributed by atoms with Gasteiger partial charge in [0, 0.05) is 0 Å². The summed E-state index contributed by atoms with van der Waals surface area (Å²) < 4.78 is 5.84. The molecule has 1 aliphatic heterocycles. The van der Waals surface area contributed by atoms with E-state index in [1.54, 1.807) is 0 Å². The quantitative estimate of drug-likeness (QED) is 0.693. The first-order valence-corrected chi connectivity index (χ1v) is 5.09. The van der Waals surface area contributed by atoms with Crippen LogP contribution in [0.4, 0.5) is 0 Å². The number of H-pyrrole nitrogens is 1. The molecule has 0 aromatic carbocycles. The van der Waals surface area contributed by atoms with Crippen LogP contribution in [0.3, 0.4) is 0 Å². The Bertz CT molecular complexity index is 365. The van der Waals surface area contributed by atoms with E-state index in [9.17, 15) is 4.79 Å². The molecule has 0 fully saturated rings.